The number of aliphatic hydroxyl groups is 2. The highest BCUT2D eigenvalue weighted by atomic mass is 31.2. The zero-order chi connectivity index (χ0) is 34.2. The van der Waals surface area contributed by atoms with Crippen LogP contribution < -0.4 is 5.73 Å². The normalized spacial score (nSPS) is 17.5. The first kappa shape index (κ1) is 38.2. The number of anilines is 1. The summed E-state index contributed by atoms with van der Waals surface area (Å²) in [6.45, 7) is 3.44. The molecule has 0 aliphatic carbocycles. The second kappa shape index (κ2) is 19.5. The SMILES string of the molecule is CCCCCCCCCCCCCCCC(=O)OCC(OP(=O)(O)COC(C)Cn1cnc2c(N)ncnc21)C1OC(O)=C(O)C1=O. The number of ketones is 1. The number of imidazole rings is 1. The molecule has 0 aromatic carbocycles. The van der Waals surface area contributed by atoms with Gasteiger partial charge in [-0.25, -0.2) is 15.0 Å². The van der Waals surface area contributed by atoms with Crippen LogP contribution in [-0.4, -0.2) is 77.6 Å². The van der Waals surface area contributed by atoms with Crippen LogP contribution in [0.5, 0.6) is 0 Å². The summed E-state index contributed by atoms with van der Waals surface area (Å²) in [5, 5.41) is 19.4. The Hall–Kier alpha value is -3.26. The predicted molar refractivity (Wildman–Crippen MR) is 173 cm³/mol. The first-order valence-electron chi connectivity index (χ1n) is 16.5. The van der Waals surface area contributed by atoms with Gasteiger partial charge in [0.1, 0.15) is 30.9 Å². The van der Waals surface area contributed by atoms with Crippen molar-refractivity contribution in [3.63, 3.8) is 0 Å². The topological polar surface area (TPSA) is 218 Å². The maximum atomic E-state index is 13.0. The average Bonchev–Trinajstić information content (AvgIpc) is 3.56. The van der Waals surface area contributed by atoms with Gasteiger partial charge in [0.2, 0.25) is 11.5 Å². The van der Waals surface area contributed by atoms with Crippen molar-refractivity contribution in [2.24, 2.45) is 0 Å². The number of hydrogen-bond acceptors (Lipinski definition) is 13. The number of aliphatic hydroxyl groups excluding tert-OH is 2. The highest BCUT2D eigenvalue weighted by Crippen LogP contribution is 2.45. The molecular formula is C31H50N5O10P. The molecule has 0 fully saturated rings. The zero-order valence-corrected chi connectivity index (χ0v) is 28.3. The van der Waals surface area contributed by atoms with E-state index >= 15 is 0 Å². The van der Waals surface area contributed by atoms with Crippen LogP contribution in [0.15, 0.2) is 24.4 Å². The van der Waals surface area contributed by atoms with Crippen molar-refractivity contribution in [1.82, 2.24) is 19.5 Å². The quantitative estimate of drug-likeness (QED) is 0.0600. The molecule has 0 saturated carbocycles. The van der Waals surface area contributed by atoms with Gasteiger partial charge in [-0.05, 0) is 13.3 Å². The van der Waals surface area contributed by atoms with Gasteiger partial charge >= 0.3 is 19.5 Å². The van der Waals surface area contributed by atoms with E-state index in [0.717, 1.165) is 19.3 Å². The second-order valence-corrected chi connectivity index (χ2v) is 13.7. The van der Waals surface area contributed by atoms with Gasteiger partial charge in [-0.15, -0.1) is 0 Å². The van der Waals surface area contributed by atoms with Gasteiger partial charge in [0.05, 0.1) is 19.0 Å². The van der Waals surface area contributed by atoms with E-state index in [1.54, 1.807) is 11.5 Å². The number of Topliss-reactive ketones (excluding diaryl/α,β-unsaturated/α-hetero) is 1. The third-order valence-electron chi connectivity index (χ3n) is 7.87. The molecule has 47 heavy (non-hydrogen) atoms. The molecule has 4 unspecified atom stereocenters. The summed E-state index contributed by atoms with van der Waals surface area (Å²) in [7, 11) is -4.58. The molecule has 3 heterocycles. The minimum atomic E-state index is -4.58. The van der Waals surface area contributed by atoms with Crippen molar-refractivity contribution in [2.45, 2.75) is 129 Å². The number of esters is 1. The van der Waals surface area contributed by atoms with Crippen molar-refractivity contribution in [3.8, 4) is 0 Å². The van der Waals surface area contributed by atoms with E-state index in [0.29, 0.717) is 17.6 Å². The number of nitrogen functional groups attached to an aromatic ring is 1. The third kappa shape index (κ3) is 12.7. The van der Waals surface area contributed by atoms with Crippen molar-refractivity contribution in [3.05, 3.63) is 24.4 Å². The molecule has 0 saturated heterocycles. The van der Waals surface area contributed by atoms with E-state index < -0.39 is 62.3 Å². The first-order chi connectivity index (χ1) is 22.5. The number of nitrogens with two attached hydrogens (primary N) is 1. The molecule has 0 spiro atoms. The molecule has 15 nitrogen and oxygen atoms in total. The number of fused-ring (bicyclic) bond motifs is 1. The molecule has 264 valence electrons. The lowest BCUT2D eigenvalue weighted by atomic mass is 10.0. The number of rotatable bonds is 24. The fourth-order valence-electron chi connectivity index (χ4n) is 5.25. The third-order valence-corrected chi connectivity index (χ3v) is 8.94. The van der Waals surface area contributed by atoms with Gasteiger partial charge in [0.25, 0.3) is 0 Å². The van der Waals surface area contributed by atoms with Crippen LogP contribution in [0.4, 0.5) is 5.82 Å². The van der Waals surface area contributed by atoms with E-state index in [9.17, 15) is 29.3 Å². The van der Waals surface area contributed by atoms with Crippen molar-refractivity contribution >= 4 is 36.3 Å². The lowest BCUT2D eigenvalue weighted by Crippen LogP contribution is -2.39. The fraction of sp³-hybridized carbons (Fsp3) is 0.710. The number of hydrogen-bond donors (Lipinski definition) is 4. The van der Waals surface area contributed by atoms with Crippen LogP contribution >= 0.6 is 7.60 Å². The van der Waals surface area contributed by atoms with Gasteiger partial charge in [-0.1, -0.05) is 84.0 Å². The Morgan fingerprint density at radius 3 is 2.23 bits per heavy atom. The summed E-state index contributed by atoms with van der Waals surface area (Å²) in [4.78, 5) is 47.6. The molecule has 2 aromatic rings. The van der Waals surface area contributed by atoms with E-state index in [1.165, 1.54) is 70.4 Å². The van der Waals surface area contributed by atoms with Gasteiger partial charge in [0.15, 0.2) is 17.6 Å². The molecule has 3 rings (SSSR count). The van der Waals surface area contributed by atoms with Crippen molar-refractivity contribution < 1.29 is 48.0 Å². The fourth-order valence-corrected chi connectivity index (χ4v) is 6.35. The summed E-state index contributed by atoms with van der Waals surface area (Å²) >= 11 is 0. The van der Waals surface area contributed by atoms with Crippen LogP contribution in [0.25, 0.3) is 11.2 Å². The minimum absolute atomic E-state index is 0.121. The lowest BCUT2D eigenvalue weighted by Gasteiger charge is -2.25. The Balaban J connectivity index is 1.40. The molecule has 5 N–H and O–H groups in total. The molecule has 4 atom stereocenters. The van der Waals surface area contributed by atoms with E-state index in [-0.39, 0.29) is 18.8 Å². The van der Waals surface area contributed by atoms with E-state index in [4.69, 9.17) is 24.5 Å². The van der Waals surface area contributed by atoms with Crippen LogP contribution in [-0.2, 0) is 39.4 Å². The molecule has 0 radical (unpaired) electrons. The minimum Gasteiger partial charge on any atom is -0.499 e. The Kier molecular flexibility index (Phi) is 15.9. The Morgan fingerprint density at radius 2 is 1.64 bits per heavy atom. The largest absolute Gasteiger partial charge is 0.499 e. The van der Waals surface area contributed by atoms with Crippen LogP contribution in [0, 0.1) is 0 Å². The summed E-state index contributed by atoms with van der Waals surface area (Å²) < 4.78 is 35.7. The van der Waals surface area contributed by atoms with Gasteiger partial charge in [-0.3, -0.25) is 18.7 Å². The van der Waals surface area contributed by atoms with Crippen molar-refractivity contribution in [1.29, 1.82) is 0 Å². The highest BCUT2D eigenvalue weighted by molar-refractivity contribution is 7.52. The predicted octanol–water partition coefficient (Wildman–Crippen LogP) is 5.62. The molecule has 2 aromatic heterocycles. The molecule has 0 bridgehead atoms. The molecule has 0 amide bonds. The summed E-state index contributed by atoms with van der Waals surface area (Å²) in [5.41, 5.74) is 6.68. The van der Waals surface area contributed by atoms with Crippen molar-refractivity contribution in [2.75, 3.05) is 18.7 Å². The number of aromatic nitrogens is 4. The molecule has 16 heteroatoms. The van der Waals surface area contributed by atoms with Gasteiger partial charge in [-0.2, -0.15) is 0 Å². The Morgan fingerprint density at radius 1 is 1.02 bits per heavy atom. The van der Waals surface area contributed by atoms with Gasteiger partial charge in [0, 0.05) is 6.42 Å². The molecular weight excluding hydrogens is 633 g/mol. The van der Waals surface area contributed by atoms with Gasteiger partial charge < -0.3 is 39.6 Å². The maximum absolute atomic E-state index is 13.0. The number of ether oxygens (including phenoxy) is 3. The standard InChI is InChI=1S/C31H50N5O10P/c1-3-4-5-6-7-8-9-10-11-12-13-14-15-16-24(37)43-18-23(28-26(38)27(39)31(40)45-28)46-47(41,42)21-44-22(2)17-36-20-35-25-29(32)33-19-34-30(25)36/h19-20,22-23,28,39-40H,3-18,21H2,1-2H3,(H,41,42)(H2,32,33,34). The summed E-state index contributed by atoms with van der Waals surface area (Å²) in [5.74, 6) is -3.56. The first-order valence-corrected chi connectivity index (χ1v) is 18.3. The smallest absolute Gasteiger partial charge is 0.354 e. The zero-order valence-electron chi connectivity index (χ0n) is 27.4. The van der Waals surface area contributed by atoms with E-state index in [1.807, 2.05) is 0 Å². The van der Waals surface area contributed by atoms with Crippen LogP contribution in [0.1, 0.15) is 104 Å². The number of carbonyl (C=O) groups is 2. The lowest BCUT2D eigenvalue weighted by molar-refractivity contribution is -0.151. The maximum Gasteiger partial charge on any atom is 0.354 e. The number of carbonyl (C=O) groups excluding carboxylic acids is 2. The number of unbranched alkanes of at least 4 members (excludes halogenated alkanes) is 12. The monoisotopic (exact) mass is 683 g/mol. The second-order valence-electron chi connectivity index (χ2n) is 11.9. The highest BCUT2D eigenvalue weighted by Gasteiger charge is 2.45. The van der Waals surface area contributed by atoms with Crippen LogP contribution in [0.3, 0.4) is 0 Å². The van der Waals surface area contributed by atoms with E-state index in [2.05, 4.69) is 21.9 Å². The summed E-state index contributed by atoms with van der Waals surface area (Å²) in [6.07, 6.45) is 13.3. The number of nitrogens with zero attached hydrogens (tertiary/aromatic N) is 4. The summed E-state index contributed by atoms with van der Waals surface area (Å²) in [6, 6.07) is 0. The van der Waals surface area contributed by atoms with Crippen LogP contribution in [0.2, 0.25) is 0 Å². The average molecular weight is 684 g/mol. The Labute approximate surface area is 275 Å². The Bertz CT molecular complexity index is 1370. The molecule has 1 aliphatic rings. The molecule has 1 aliphatic heterocycles.